The number of alkyl halides is 3. The number of aliphatic imine (C=N–C) groups is 1. The zero-order chi connectivity index (χ0) is 19.7. The predicted molar refractivity (Wildman–Crippen MR) is 93.7 cm³/mol. The van der Waals surface area contributed by atoms with E-state index >= 15 is 0 Å². The summed E-state index contributed by atoms with van der Waals surface area (Å²) in [5, 5.41) is 9.45. The molecule has 27 heavy (non-hydrogen) atoms. The lowest BCUT2D eigenvalue weighted by Crippen LogP contribution is -2.41. The molecule has 0 unspecified atom stereocenters. The number of hydrogen-bond donors (Lipinski definition) is 2. The molecule has 0 spiro atoms. The standard InChI is InChI=1S/C18H21F4N5/c1-23-16(24-9-12-10-27(2)26-15(12)18(20,21)22)25-11-17(7-8-17)13-5-3-4-6-14(13)19/h3-6,10H,7-9,11H2,1-2H3,(H2,23,24,25). The van der Waals surface area contributed by atoms with Crippen molar-refractivity contribution in [2.45, 2.75) is 31.0 Å². The van der Waals surface area contributed by atoms with Crippen LogP contribution in [-0.2, 0) is 25.2 Å². The van der Waals surface area contributed by atoms with Gasteiger partial charge in [0.15, 0.2) is 11.7 Å². The lowest BCUT2D eigenvalue weighted by Gasteiger charge is -2.19. The monoisotopic (exact) mass is 383 g/mol. The fourth-order valence-corrected chi connectivity index (χ4v) is 3.14. The lowest BCUT2D eigenvalue weighted by molar-refractivity contribution is -0.142. The zero-order valence-corrected chi connectivity index (χ0v) is 15.1. The summed E-state index contributed by atoms with van der Waals surface area (Å²) in [5.41, 5.74) is -0.533. The molecule has 1 fully saturated rings. The highest BCUT2D eigenvalue weighted by molar-refractivity contribution is 5.79. The normalized spacial score (nSPS) is 16.3. The molecule has 2 aromatic rings. The molecule has 1 aromatic carbocycles. The maximum Gasteiger partial charge on any atom is 0.435 e. The van der Waals surface area contributed by atoms with Crippen LogP contribution in [0.25, 0.3) is 0 Å². The largest absolute Gasteiger partial charge is 0.435 e. The van der Waals surface area contributed by atoms with Gasteiger partial charge in [0.2, 0.25) is 0 Å². The highest BCUT2D eigenvalue weighted by Gasteiger charge is 2.45. The number of aromatic nitrogens is 2. The van der Waals surface area contributed by atoms with E-state index in [9.17, 15) is 17.6 Å². The van der Waals surface area contributed by atoms with E-state index in [4.69, 9.17) is 0 Å². The first-order chi connectivity index (χ1) is 12.7. The number of hydrogen-bond acceptors (Lipinski definition) is 2. The smallest absolute Gasteiger partial charge is 0.356 e. The van der Waals surface area contributed by atoms with Gasteiger partial charge >= 0.3 is 6.18 Å². The summed E-state index contributed by atoms with van der Waals surface area (Å²) in [6.07, 6.45) is -1.50. The first kappa shape index (κ1) is 19.2. The van der Waals surface area contributed by atoms with Crippen molar-refractivity contribution < 1.29 is 17.6 Å². The van der Waals surface area contributed by atoms with Gasteiger partial charge < -0.3 is 10.6 Å². The fourth-order valence-electron chi connectivity index (χ4n) is 3.14. The maximum absolute atomic E-state index is 14.1. The average molecular weight is 383 g/mol. The number of nitrogens with one attached hydrogen (secondary N) is 2. The second-order valence-electron chi connectivity index (χ2n) is 6.71. The molecular formula is C18H21F4N5. The Bertz CT molecular complexity index is 837. The highest BCUT2D eigenvalue weighted by Crippen LogP contribution is 2.48. The van der Waals surface area contributed by atoms with Gasteiger partial charge in [0, 0.05) is 44.4 Å². The maximum atomic E-state index is 14.1. The molecule has 0 atom stereocenters. The molecule has 146 valence electrons. The van der Waals surface area contributed by atoms with Crippen molar-refractivity contribution in [3.63, 3.8) is 0 Å². The van der Waals surface area contributed by atoms with Crippen molar-refractivity contribution in [2.24, 2.45) is 12.0 Å². The van der Waals surface area contributed by atoms with Crippen LogP contribution in [0.1, 0.15) is 29.7 Å². The molecule has 0 aliphatic heterocycles. The number of aryl methyl sites for hydroxylation is 1. The van der Waals surface area contributed by atoms with Crippen molar-refractivity contribution in [2.75, 3.05) is 13.6 Å². The molecule has 0 amide bonds. The number of halogens is 4. The second kappa shape index (κ2) is 7.21. The Labute approximate surface area is 154 Å². The van der Waals surface area contributed by atoms with Crippen LogP contribution in [0.2, 0.25) is 0 Å². The van der Waals surface area contributed by atoms with Gasteiger partial charge in [-0.05, 0) is 24.5 Å². The molecule has 9 heteroatoms. The third-order valence-corrected chi connectivity index (χ3v) is 4.74. The summed E-state index contributed by atoms with van der Waals surface area (Å²) in [6.45, 7) is 0.377. The van der Waals surface area contributed by atoms with E-state index < -0.39 is 11.9 Å². The SMILES string of the molecule is CN=C(NCc1cn(C)nc1C(F)(F)F)NCC1(c2ccccc2F)CC1. The first-order valence-corrected chi connectivity index (χ1v) is 8.54. The van der Waals surface area contributed by atoms with Crippen molar-refractivity contribution in [3.05, 3.63) is 53.1 Å². The zero-order valence-electron chi connectivity index (χ0n) is 15.1. The minimum absolute atomic E-state index is 0.0307. The molecule has 1 heterocycles. The van der Waals surface area contributed by atoms with Crippen LogP contribution in [0.4, 0.5) is 17.6 Å². The minimum atomic E-state index is -4.52. The number of guanidine groups is 1. The van der Waals surface area contributed by atoms with Crippen LogP contribution in [-0.4, -0.2) is 29.3 Å². The van der Waals surface area contributed by atoms with E-state index in [-0.39, 0.29) is 23.3 Å². The van der Waals surface area contributed by atoms with E-state index in [0.717, 1.165) is 17.5 Å². The average Bonchev–Trinajstić information content (AvgIpc) is 3.29. The second-order valence-corrected chi connectivity index (χ2v) is 6.71. The Kier molecular flexibility index (Phi) is 5.12. The van der Waals surface area contributed by atoms with Crippen LogP contribution in [0.15, 0.2) is 35.5 Å². The van der Waals surface area contributed by atoms with Crippen LogP contribution in [0.5, 0.6) is 0 Å². The molecule has 2 N–H and O–H groups in total. The Morgan fingerprint density at radius 3 is 2.56 bits per heavy atom. The summed E-state index contributed by atoms with van der Waals surface area (Å²) >= 11 is 0. The van der Waals surface area contributed by atoms with Gasteiger partial charge in [-0.25, -0.2) is 4.39 Å². The van der Waals surface area contributed by atoms with Gasteiger partial charge in [0.1, 0.15) is 5.82 Å². The van der Waals surface area contributed by atoms with Crippen LogP contribution < -0.4 is 10.6 Å². The predicted octanol–water partition coefficient (Wildman–Crippen LogP) is 2.97. The Hall–Kier alpha value is -2.58. The fraction of sp³-hybridized carbons (Fsp3) is 0.444. The van der Waals surface area contributed by atoms with Crippen LogP contribution in [0.3, 0.4) is 0 Å². The molecule has 3 rings (SSSR count). The summed E-state index contributed by atoms with van der Waals surface area (Å²) in [4.78, 5) is 4.04. The molecule has 1 aliphatic rings. The molecule has 0 saturated heterocycles. The summed E-state index contributed by atoms with van der Waals surface area (Å²) in [6, 6.07) is 6.65. The van der Waals surface area contributed by atoms with Crippen molar-refractivity contribution >= 4 is 5.96 Å². The van der Waals surface area contributed by atoms with Gasteiger partial charge in [-0.1, -0.05) is 18.2 Å². The Morgan fingerprint density at radius 1 is 1.26 bits per heavy atom. The summed E-state index contributed by atoms with van der Waals surface area (Å²) in [5.74, 6) is 0.111. The molecule has 1 aromatic heterocycles. The Morgan fingerprint density at radius 2 is 1.96 bits per heavy atom. The molecule has 0 bridgehead atoms. The van der Waals surface area contributed by atoms with E-state index in [1.807, 2.05) is 0 Å². The van der Waals surface area contributed by atoms with Crippen LogP contribution >= 0.6 is 0 Å². The molecule has 1 aliphatic carbocycles. The van der Waals surface area contributed by atoms with Gasteiger partial charge in [-0.15, -0.1) is 0 Å². The minimum Gasteiger partial charge on any atom is -0.356 e. The van der Waals surface area contributed by atoms with Gasteiger partial charge in [0.05, 0.1) is 0 Å². The van der Waals surface area contributed by atoms with Crippen molar-refractivity contribution in [1.82, 2.24) is 20.4 Å². The third kappa shape index (κ3) is 4.23. The number of rotatable bonds is 5. The van der Waals surface area contributed by atoms with E-state index in [0.29, 0.717) is 18.1 Å². The van der Waals surface area contributed by atoms with Crippen molar-refractivity contribution in [1.29, 1.82) is 0 Å². The molecular weight excluding hydrogens is 362 g/mol. The Balaban J connectivity index is 1.62. The van der Waals surface area contributed by atoms with E-state index in [1.54, 1.807) is 18.2 Å². The molecule has 0 radical (unpaired) electrons. The van der Waals surface area contributed by atoms with Gasteiger partial charge in [0.25, 0.3) is 0 Å². The summed E-state index contributed by atoms with van der Waals surface area (Å²) in [7, 11) is 2.98. The van der Waals surface area contributed by atoms with E-state index in [2.05, 4.69) is 20.7 Å². The third-order valence-electron chi connectivity index (χ3n) is 4.74. The molecule has 1 saturated carbocycles. The van der Waals surface area contributed by atoms with Gasteiger partial charge in [-0.2, -0.15) is 18.3 Å². The highest BCUT2D eigenvalue weighted by atomic mass is 19.4. The first-order valence-electron chi connectivity index (χ1n) is 8.54. The number of nitrogens with zero attached hydrogens (tertiary/aromatic N) is 3. The topological polar surface area (TPSA) is 54.2 Å². The summed E-state index contributed by atoms with van der Waals surface area (Å²) < 4.78 is 54.3. The van der Waals surface area contributed by atoms with Gasteiger partial charge in [-0.3, -0.25) is 9.67 Å². The molecule has 5 nitrogen and oxygen atoms in total. The van der Waals surface area contributed by atoms with E-state index in [1.165, 1.54) is 26.4 Å². The van der Waals surface area contributed by atoms with Crippen molar-refractivity contribution in [3.8, 4) is 0 Å². The lowest BCUT2D eigenvalue weighted by atomic mass is 9.95. The number of benzene rings is 1. The van der Waals surface area contributed by atoms with Crippen LogP contribution in [0, 0.1) is 5.82 Å². The quantitative estimate of drug-likeness (QED) is 0.474.